The van der Waals surface area contributed by atoms with Gasteiger partial charge in [0.05, 0.1) is 36.9 Å². The molecule has 2 rings (SSSR count). The van der Waals surface area contributed by atoms with Crippen molar-refractivity contribution in [2.45, 2.75) is 32.7 Å². The Morgan fingerprint density at radius 2 is 2.09 bits per heavy atom. The summed E-state index contributed by atoms with van der Waals surface area (Å²) in [5.74, 6) is 0.924. The van der Waals surface area contributed by atoms with Crippen LogP contribution in [0.4, 0.5) is 11.4 Å². The molecule has 1 amide bonds. The van der Waals surface area contributed by atoms with Gasteiger partial charge in [0.2, 0.25) is 0 Å². The summed E-state index contributed by atoms with van der Waals surface area (Å²) in [7, 11) is 1.43. The van der Waals surface area contributed by atoms with Gasteiger partial charge in [0.25, 0.3) is 11.6 Å². The Labute approximate surface area is 135 Å². The highest BCUT2D eigenvalue weighted by atomic mass is 16.6. The minimum atomic E-state index is -0.490. The Balaban J connectivity index is 2.06. The van der Waals surface area contributed by atoms with Crippen LogP contribution in [-0.4, -0.2) is 37.1 Å². The van der Waals surface area contributed by atoms with Crippen molar-refractivity contribution in [3.63, 3.8) is 0 Å². The first-order valence-corrected chi connectivity index (χ1v) is 7.90. The molecule has 2 N–H and O–H groups in total. The quantitative estimate of drug-likeness (QED) is 0.631. The van der Waals surface area contributed by atoms with E-state index in [9.17, 15) is 14.9 Å². The molecule has 1 aromatic rings. The van der Waals surface area contributed by atoms with Gasteiger partial charge in [0.1, 0.15) is 5.75 Å². The third kappa shape index (κ3) is 4.19. The summed E-state index contributed by atoms with van der Waals surface area (Å²) in [4.78, 5) is 24.1. The number of nitrogens with zero attached hydrogens (tertiary/aromatic N) is 1. The van der Waals surface area contributed by atoms with Crippen LogP contribution in [0.1, 0.15) is 26.7 Å². The molecule has 0 saturated carbocycles. The highest BCUT2D eigenvalue weighted by molar-refractivity contribution is 5.95. The number of piperidine rings is 1. The summed E-state index contributed by atoms with van der Waals surface area (Å²) in [5, 5.41) is 13.6. The number of rotatable bonds is 5. The lowest BCUT2D eigenvalue weighted by Gasteiger charge is -2.31. The van der Waals surface area contributed by atoms with Crippen molar-refractivity contribution in [1.29, 1.82) is 0 Å². The third-order valence-corrected chi connectivity index (χ3v) is 4.58. The van der Waals surface area contributed by atoms with Gasteiger partial charge in [0.15, 0.2) is 6.04 Å². The molecule has 7 heteroatoms. The first-order valence-electron chi connectivity index (χ1n) is 7.90. The Hall–Kier alpha value is -2.15. The second kappa shape index (κ2) is 7.41. The van der Waals surface area contributed by atoms with Crippen LogP contribution < -0.4 is 15.0 Å². The fourth-order valence-electron chi connectivity index (χ4n) is 2.89. The maximum atomic E-state index is 12.5. The first-order chi connectivity index (χ1) is 10.9. The first kappa shape index (κ1) is 17.2. The third-order valence-electron chi connectivity index (χ3n) is 4.58. The van der Waals surface area contributed by atoms with Crippen molar-refractivity contribution in [2.75, 3.05) is 25.5 Å². The lowest BCUT2D eigenvalue weighted by Crippen LogP contribution is -3.17. The zero-order valence-electron chi connectivity index (χ0n) is 13.8. The van der Waals surface area contributed by atoms with Crippen molar-refractivity contribution in [3.05, 3.63) is 28.3 Å². The van der Waals surface area contributed by atoms with Gasteiger partial charge in [-0.1, -0.05) is 6.92 Å². The number of nitro benzene ring substituents is 1. The van der Waals surface area contributed by atoms with E-state index in [0.717, 1.165) is 31.8 Å². The molecule has 0 bridgehead atoms. The number of nitrogens with one attached hydrogen (secondary N) is 2. The summed E-state index contributed by atoms with van der Waals surface area (Å²) in [6.45, 7) is 6.14. The maximum absolute atomic E-state index is 12.5. The molecule has 0 aromatic heterocycles. The zero-order chi connectivity index (χ0) is 17.0. The van der Waals surface area contributed by atoms with Gasteiger partial charge in [0, 0.05) is 6.07 Å². The van der Waals surface area contributed by atoms with Crippen LogP contribution in [0.2, 0.25) is 0 Å². The Morgan fingerprint density at radius 1 is 1.43 bits per heavy atom. The number of non-ortho nitro benzene ring substituents is 1. The molecule has 1 heterocycles. The van der Waals surface area contributed by atoms with Gasteiger partial charge in [-0.15, -0.1) is 0 Å². The molecular formula is C16H24N3O4+. The van der Waals surface area contributed by atoms with E-state index in [1.165, 1.54) is 30.2 Å². The van der Waals surface area contributed by atoms with Crippen molar-refractivity contribution in [1.82, 2.24) is 0 Å². The van der Waals surface area contributed by atoms with Gasteiger partial charge in [-0.3, -0.25) is 14.9 Å². The molecule has 1 aliphatic rings. The van der Waals surface area contributed by atoms with Crippen LogP contribution in [0.25, 0.3) is 0 Å². The van der Waals surface area contributed by atoms with Crippen LogP contribution in [0, 0.1) is 16.0 Å². The molecule has 1 aliphatic heterocycles. The molecule has 23 heavy (non-hydrogen) atoms. The smallest absolute Gasteiger partial charge is 0.282 e. The lowest BCUT2D eigenvalue weighted by atomic mass is 9.98. The molecule has 0 spiro atoms. The zero-order valence-corrected chi connectivity index (χ0v) is 13.8. The minimum absolute atomic E-state index is 0.0662. The fraction of sp³-hybridized carbons (Fsp3) is 0.562. The largest absolute Gasteiger partial charge is 0.494 e. The summed E-state index contributed by atoms with van der Waals surface area (Å²) >= 11 is 0. The molecular weight excluding hydrogens is 298 g/mol. The topological polar surface area (TPSA) is 85.9 Å². The van der Waals surface area contributed by atoms with Crippen molar-refractivity contribution in [2.24, 2.45) is 5.92 Å². The number of nitro groups is 1. The normalized spacial score (nSPS) is 22.2. The number of anilines is 1. The van der Waals surface area contributed by atoms with Crippen molar-refractivity contribution < 1.29 is 19.4 Å². The average Bonchev–Trinajstić information content (AvgIpc) is 2.55. The molecule has 7 nitrogen and oxygen atoms in total. The highest BCUT2D eigenvalue weighted by Crippen LogP contribution is 2.29. The van der Waals surface area contributed by atoms with Gasteiger partial charge in [-0.2, -0.15) is 0 Å². The average molecular weight is 322 g/mol. The number of benzene rings is 1. The molecule has 0 radical (unpaired) electrons. The summed E-state index contributed by atoms with van der Waals surface area (Å²) in [5.41, 5.74) is 0.392. The van der Waals surface area contributed by atoms with Crippen molar-refractivity contribution in [3.8, 4) is 5.75 Å². The molecule has 1 fully saturated rings. The van der Waals surface area contributed by atoms with Crippen LogP contribution >= 0.6 is 0 Å². The number of quaternary nitrogens is 1. The minimum Gasteiger partial charge on any atom is -0.494 e. The number of ether oxygens (including phenoxy) is 1. The van der Waals surface area contributed by atoms with E-state index in [0.29, 0.717) is 11.4 Å². The van der Waals surface area contributed by atoms with E-state index in [1.54, 1.807) is 0 Å². The predicted octanol–water partition coefficient (Wildman–Crippen LogP) is 1.25. The second-order valence-electron chi connectivity index (χ2n) is 6.19. The standard InChI is InChI=1S/C16H23N3O4/c1-11-6-8-18(9-7-11)12(2)16(20)17-14-5-4-13(19(21)22)10-15(14)23-3/h4-5,10-12H,6-9H2,1-3H3,(H,17,20)/p+1/t12-/m0/s1. The molecule has 1 atom stereocenters. The molecule has 0 unspecified atom stereocenters. The van der Waals surface area contributed by atoms with E-state index < -0.39 is 4.92 Å². The Kier molecular flexibility index (Phi) is 5.54. The molecule has 1 aromatic carbocycles. The number of likely N-dealkylation sites (tertiary alicyclic amines) is 1. The van der Waals surface area contributed by atoms with Gasteiger partial charge >= 0.3 is 0 Å². The summed E-state index contributed by atoms with van der Waals surface area (Å²) in [6.07, 6.45) is 2.27. The Bertz CT molecular complexity index is 583. The van der Waals surface area contributed by atoms with E-state index >= 15 is 0 Å². The lowest BCUT2D eigenvalue weighted by molar-refractivity contribution is -0.919. The fourth-order valence-corrected chi connectivity index (χ4v) is 2.89. The molecule has 0 aliphatic carbocycles. The van der Waals surface area contributed by atoms with E-state index in [4.69, 9.17) is 4.74 Å². The maximum Gasteiger partial charge on any atom is 0.282 e. The SMILES string of the molecule is COc1cc([N+](=O)[O-])ccc1NC(=O)[C@H](C)[NH+]1CCC(C)CC1. The number of carbonyl (C=O) groups is 1. The summed E-state index contributed by atoms with van der Waals surface area (Å²) < 4.78 is 5.15. The van der Waals surface area contributed by atoms with E-state index in [2.05, 4.69) is 12.2 Å². The van der Waals surface area contributed by atoms with Crippen LogP contribution in [0.3, 0.4) is 0 Å². The van der Waals surface area contributed by atoms with E-state index in [-0.39, 0.29) is 17.6 Å². The van der Waals surface area contributed by atoms with Gasteiger partial charge < -0.3 is 15.0 Å². The predicted molar refractivity (Wildman–Crippen MR) is 86.8 cm³/mol. The highest BCUT2D eigenvalue weighted by Gasteiger charge is 2.29. The van der Waals surface area contributed by atoms with Gasteiger partial charge in [-0.25, -0.2) is 0 Å². The van der Waals surface area contributed by atoms with E-state index in [1.807, 2.05) is 6.92 Å². The summed E-state index contributed by atoms with van der Waals surface area (Å²) in [6, 6.07) is 4.02. The number of hydrogen-bond donors (Lipinski definition) is 2. The van der Waals surface area contributed by atoms with Crippen LogP contribution in [0.5, 0.6) is 5.75 Å². The number of hydrogen-bond acceptors (Lipinski definition) is 4. The van der Waals surface area contributed by atoms with Crippen LogP contribution in [-0.2, 0) is 4.79 Å². The second-order valence-corrected chi connectivity index (χ2v) is 6.19. The monoisotopic (exact) mass is 322 g/mol. The Morgan fingerprint density at radius 3 is 2.65 bits per heavy atom. The number of methoxy groups -OCH3 is 1. The molecule has 126 valence electrons. The number of carbonyl (C=O) groups excluding carboxylic acids is 1. The van der Waals surface area contributed by atoms with Crippen molar-refractivity contribution >= 4 is 17.3 Å². The number of amides is 1. The molecule has 1 saturated heterocycles. The van der Waals surface area contributed by atoms with Crippen LogP contribution in [0.15, 0.2) is 18.2 Å². The van der Waals surface area contributed by atoms with Gasteiger partial charge in [-0.05, 0) is 31.7 Å².